The lowest BCUT2D eigenvalue weighted by Gasteiger charge is -2.26. The zero-order valence-electron chi connectivity index (χ0n) is 12.6. The molecule has 21 heavy (non-hydrogen) atoms. The van der Waals surface area contributed by atoms with Gasteiger partial charge in [0.15, 0.2) is 0 Å². The van der Waals surface area contributed by atoms with Gasteiger partial charge in [-0.25, -0.2) is 0 Å². The topological polar surface area (TPSA) is 46.5 Å². The first-order valence-corrected chi connectivity index (χ1v) is 6.90. The Bertz CT molecular complexity index is 631. The molecule has 0 saturated heterocycles. The summed E-state index contributed by atoms with van der Waals surface area (Å²) in [4.78, 5) is 11.9. The van der Waals surface area contributed by atoms with Crippen LogP contribution in [-0.2, 0) is 16.6 Å². The third-order valence-electron chi connectivity index (χ3n) is 4.00. The maximum atomic E-state index is 11.9. The highest BCUT2D eigenvalue weighted by atomic mass is 16.5. The lowest BCUT2D eigenvalue weighted by Crippen LogP contribution is -2.35. The Morgan fingerprint density at radius 3 is 2.29 bits per heavy atom. The van der Waals surface area contributed by atoms with Gasteiger partial charge in [0, 0.05) is 0 Å². The lowest BCUT2D eigenvalue weighted by molar-refractivity contribution is -0.143. The molecule has 0 bridgehead atoms. The predicted octanol–water partition coefficient (Wildman–Crippen LogP) is 3.59. The monoisotopic (exact) mass is 284 g/mol. The van der Waals surface area contributed by atoms with Crippen molar-refractivity contribution < 1.29 is 14.6 Å². The van der Waals surface area contributed by atoms with Crippen LogP contribution < -0.4 is 4.74 Å². The second-order valence-corrected chi connectivity index (χ2v) is 5.47. The maximum Gasteiger partial charge on any atom is 0.314 e. The number of hydrogen-bond donors (Lipinski definition) is 1. The lowest BCUT2D eigenvalue weighted by atomic mass is 9.76. The Hall–Kier alpha value is -2.29. The molecule has 3 heteroatoms. The minimum Gasteiger partial charge on any atom is -0.497 e. The molecule has 0 heterocycles. The van der Waals surface area contributed by atoms with Crippen LogP contribution in [0, 0.1) is 6.92 Å². The first kappa shape index (κ1) is 15.1. The van der Waals surface area contributed by atoms with Crippen molar-refractivity contribution in [3.63, 3.8) is 0 Å². The fourth-order valence-electron chi connectivity index (χ4n) is 2.45. The quantitative estimate of drug-likeness (QED) is 0.912. The molecule has 0 aliphatic rings. The van der Waals surface area contributed by atoms with Crippen molar-refractivity contribution in [2.75, 3.05) is 7.11 Å². The van der Waals surface area contributed by atoms with E-state index in [2.05, 4.69) is 0 Å². The number of aliphatic carboxylic acids is 1. The Kier molecular flexibility index (Phi) is 4.32. The fourth-order valence-corrected chi connectivity index (χ4v) is 2.45. The molecule has 110 valence electrons. The van der Waals surface area contributed by atoms with Gasteiger partial charge in [0.05, 0.1) is 12.5 Å². The highest BCUT2D eigenvalue weighted by molar-refractivity contribution is 5.81. The van der Waals surface area contributed by atoms with E-state index in [0.29, 0.717) is 6.42 Å². The van der Waals surface area contributed by atoms with Crippen molar-refractivity contribution in [2.45, 2.75) is 25.7 Å². The van der Waals surface area contributed by atoms with Crippen LogP contribution in [0.1, 0.15) is 23.6 Å². The summed E-state index contributed by atoms with van der Waals surface area (Å²) >= 11 is 0. The first-order valence-electron chi connectivity index (χ1n) is 6.90. The van der Waals surface area contributed by atoms with E-state index in [0.717, 1.165) is 22.4 Å². The number of carboxylic acid groups (broad SMARTS) is 1. The van der Waals surface area contributed by atoms with Gasteiger partial charge in [0.2, 0.25) is 0 Å². The van der Waals surface area contributed by atoms with Crippen molar-refractivity contribution in [3.8, 4) is 5.75 Å². The molecule has 2 rings (SSSR count). The van der Waals surface area contributed by atoms with E-state index in [1.807, 2.05) is 43.3 Å². The molecule has 1 N–H and O–H groups in total. The molecule has 0 fully saturated rings. The van der Waals surface area contributed by atoms with E-state index in [9.17, 15) is 9.90 Å². The first-order chi connectivity index (χ1) is 9.97. The highest BCUT2D eigenvalue weighted by Crippen LogP contribution is 2.31. The van der Waals surface area contributed by atoms with Crippen molar-refractivity contribution in [1.82, 2.24) is 0 Å². The van der Waals surface area contributed by atoms with Gasteiger partial charge in [-0.1, -0.05) is 36.4 Å². The summed E-state index contributed by atoms with van der Waals surface area (Å²) in [5.41, 5.74) is 1.98. The zero-order valence-corrected chi connectivity index (χ0v) is 12.6. The molecule has 0 aliphatic carbocycles. The Balaban J connectivity index is 2.40. The summed E-state index contributed by atoms with van der Waals surface area (Å²) in [5.74, 6) is -0.0988. The average molecular weight is 284 g/mol. The molecule has 0 radical (unpaired) electrons. The summed E-state index contributed by atoms with van der Waals surface area (Å²) in [6.45, 7) is 3.77. The van der Waals surface area contributed by atoms with Gasteiger partial charge < -0.3 is 9.84 Å². The van der Waals surface area contributed by atoms with Crippen LogP contribution in [0.5, 0.6) is 5.75 Å². The van der Waals surface area contributed by atoms with Crippen molar-refractivity contribution >= 4 is 5.97 Å². The molecular formula is C18H20O3. The van der Waals surface area contributed by atoms with Gasteiger partial charge in [-0.3, -0.25) is 4.79 Å². The zero-order chi connectivity index (χ0) is 15.5. The van der Waals surface area contributed by atoms with Crippen LogP contribution >= 0.6 is 0 Å². The molecule has 3 nitrogen and oxygen atoms in total. The minimum atomic E-state index is -0.960. The number of rotatable bonds is 5. The number of carbonyl (C=O) groups is 1. The second-order valence-electron chi connectivity index (χ2n) is 5.47. The standard InChI is InChI=1S/C18H20O3/c1-13-6-4-5-7-14(13)12-18(2,17(19)20)15-8-10-16(21-3)11-9-15/h4-11H,12H2,1-3H3,(H,19,20). The van der Waals surface area contributed by atoms with E-state index in [-0.39, 0.29) is 0 Å². The number of carboxylic acids is 1. The van der Waals surface area contributed by atoms with E-state index >= 15 is 0 Å². The summed E-state index contributed by atoms with van der Waals surface area (Å²) in [6, 6.07) is 15.1. The third kappa shape index (κ3) is 3.07. The Morgan fingerprint density at radius 1 is 1.14 bits per heavy atom. The number of hydrogen-bond acceptors (Lipinski definition) is 2. The van der Waals surface area contributed by atoms with Crippen molar-refractivity contribution in [1.29, 1.82) is 0 Å². The number of aryl methyl sites for hydroxylation is 1. The van der Waals surface area contributed by atoms with Gasteiger partial charge in [0.25, 0.3) is 0 Å². The smallest absolute Gasteiger partial charge is 0.314 e. The summed E-state index contributed by atoms with van der Waals surface area (Å²) in [6.07, 6.45) is 0.460. The third-order valence-corrected chi connectivity index (χ3v) is 4.00. The number of methoxy groups -OCH3 is 1. The van der Waals surface area contributed by atoms with Gasteiger partial charge in [-0.05, 0) is 49.1 Å². The van der Waals surface area contributed by atoms with Crippen LogP contribution in [0.4, 0.5) is 0 Å². The highest BCUT2D eigenvalue weighted by Gasteiger charge is 2.35. The summed E-state index contributed by atoms with van der Waals surface area (Å²) in [7, 11) is 1.60. The molecule has 1 unspecified atom stereocenters. The average Bonchev–Trinajstić information content (AvgIpc) is 2.49. The van der Waals surface area contributed by atoms with Crippen LogP contribution in [0.2, 0.25) is 0 Å². The molecule has 1 atom stereocenters. The predicted molar refractivity (Wildman–Crippen MR) is 82.9 cm³/mol. The van der Waals surface area contributed by atoms with E-state index in [1.165, 1.54) is 0 Å². The van der Waals surface area contributed by atoms with Crippen LogP contribution in [0.25, 0.3) is 0 Å². The van der Waals surface area contributed by atoms with E-state index in [4.69, 9.17) is 4.74 Å². The molecule has 0 saturated carbocycles. The number of benzene rings is 2. The molecule has 0 aliphatic heterocycles. The van der Waals surface area contributed by atoms with Gasteiger partial charge >= 0.3 is 5.97 Å². The Morgan fingerprint density at radius 2 is 1.76 bits per heavy atom. The SMILES string of the molecule is COc1ccc(C(C)(Cc2ccccc2C)C(=O)O)cc1. The largest absolute Gasteiger partial charge is 0.497 e. The van der Waals surface area contributed by atoms with Gasteiger partial charge in [0.1, 0.15) is 5.75 Å². The molecule has 2 aromatic carbocycles. The second kappa shape index (κ2) is 6.00. The molecule has 2 aromatic rings. The molecule has 0 spiro atoms. The fraction of sp³-hybridized carbons (Fsp3) is 0.278. The van der Waals surface area contributed by atoms with Crippen molar-refractivity contribution in [2.24, 2.45) is 0 Å². The summed E-state index contributed by atoms with van der Waals surface area (Å²) in [5, 5.41) is 9.73. The summed E-state index contributed by atoms with van der Waals surface area (Å²) < 4.78 is 5.13. The van der Waals surface area contributed by atoms with Crippen molar-refractivity contribution in [3.05, 3.63) is 65.2 Å². The number of ether oxygens (including phenoxy) is 1. The molecular weight excluding hydrogens is 264 g/mol. The van der Waals surface area contributed by atoms with Gasteiger partial charge in [-0.2, -0.15) is 0 Å². The van der Waals surface area contributed by atoms with Crippen LogP contribution in [-0.4, -0.2) is 18.2 Å². The van der Waals surface area contributed by atoms with Crippen LogP contribution in [0.3, 0.4) is 0 Å². The normalized spacial score (nSPS) is 13.5. The van der Waals surface area contributed by atoms with E-state index in [1.54, 1.807) is 26.2 Å². The van der Waals surface area contributed by atoms with E-state index < -0.39 is 11.4 Å². The maximum absolute atomic E-state index is 11.9. The molecule has 0 amide bonds. The van der Waals surface area contributed by atoms with Crippen LogP contribution in [0.15, 0.2) is 48.5 Å². The van der Waals surface area contributed by atoms with Gasteiger partial charge in [-0.15, -0.1) is 0 Å². The Labute approximate surface area is 125 Å². The minimum absolute atomic E-state index is 0.460. The molecule has 0 aromatic heterocycles.